The van der Waals surface area contributed by atoms with Crippen molar-refractivity contribution in [3.05, 3.63) is 34.9 Å². The third kappa shape index (κ3) is 6.98. The molecule has 5 heteroatoms. The van der Waals surface area contributed by atoms with E-state index in [0.717, 1.165) is 18.4 Å². The predicted octanol–water partition coefficient (Wildman–Crippen LogP) is 4.91. The van der Waals surface area contributed by atoms with Gasteiger partial charge in [-0.2, -0.15) is 0 Å². The van der Waals surface area contributed by atoms with Gasteiger partial charge in [-0.25, -0.2) is 9.59 Å². The summed E-state index contributed by atoms with van der Waals surface area (Å²) in [7, 11) is 1.54. The number of benzene rings is 1. The molecule has 0 saturated heterocycles. The summed E-state index contributed by atoms with van der Waals surface area (Å²) in [6.45, 7) is 14.0. The molecule has 0 spiro atoms. The van der Waals surface area contributed by atoms with Crippen LogP contribution in [0.4, 0.5) is 0 Å². The fourth-order valence-corrected chi connectivity index (χ4v) is 2.83. The summed E-state index contributed by atoms with van der Waals surface area (Å²) in [5.41, 5.74) is 0.624. The van der Waals surface area contributed by atoms with Crippen LogP contribution >= 0.6 is 0 Å². The zero-order valence-electron chi connectivity index (χ0n) is 18.0. The van der Waals surface area contributed by atoms with Crippen molar-refractivity contribution in [1.29, 1.82) is 0 Å². The van der Waals surface area contributed by atoms with E-state index in [1.54, 1.807) is 26.2 Å². The van der Waals surface area contributed by atoms with Gasteiger partial charge in [-0.15, -0.1) is 0 Å². The van der Waals surface area contributed by atoms with Crippen LogP contribution in [0.5, 0.6) is 0 Å². The lowest BCUT2D eigenvalue weighted by atomic mass is 9.85. The highest BCUT2D eigenvalue weighted by molar-refractivity contribution is 6.03. The van der Waals surface area contributed by atoms with Crippen molar-refractivity contribution < 1.29 is 23.8 Å². The average Bonchev–Trinajstić information content (AvgIpc) is 2.52. The Bertz CT molecular complexity index is 655. The van der Waals surface area contributed by atoms with Crippen molar-refractivity contribution in [1.82, 2.24) is 0 Å². The first kappa shape index (κ1) is 23.2. The van der Waals surface area contributed by atoms with Gasteiger partial charge in [0, 0.05) is 7.11 Å². The van der Waals surface area contributed by atoms with Crippen LogP contribution in [0.15, 0.2) is 18.2 Å². The molecule has 0 amide bonds. The number of methoxy groups -OCH3 is 1. The summed E-state index contributed by atoms with van der Waals surface area (Å²) in [6, 6.07) is 5.24. The zero-order valence-corrected chi connectivity index (χ0v) is 18.0. The lowest BCUT2D eigenvalue weighted by Gasteiger charge is -2.26. The molecule has 1 unspecified atom stereocenters. The second-order valence-electron chi connectivity index (χ2n) is 8.58. The molecular formula is C22H34O5. The number of ether oxygens (including phenoxy) is 3. The van der Waals surface area contributed by atoms with Crippen molar-refractivity contribution in [3.8, 4) is 0 Å². The van der Waals surface area contributed by atoms with Gasteiger partial charge in [0.2, 0.25) is 0 Å². The molecule has 0 radical (unpaired) electrons. The molecule has 1 atom stereocenters. The van der Waals surface area contributed by atoms with Gasteiger partial charge in [0.25, 0.3) is 0 Å². The molecule has 0 heterocycles. The van der Waals surface area contributed by atoms with E-state index in [2.05, 4.69) is 0 Å². The van der Waals surface area contributed by atoms with E-state index in [9.17, 15) is 9.59 Å². The molecule has 0 N–H and O–H groups in total. The van der Waals surface area contributed by atoms with Crippen molar-refractivity contribution in [2.24, 2.45) is 0 Å². The SMILES string of the molecule is CCCC(C)(C)OC(=O)c1ccc(C(C)(C)C)cc1C(=O)OC(C)COC. The predicted molar refractivity (Wildman–Crippen MR) is 106 cm³/mol. The Morgan fingerprint density at radius 2 is 1.67 bits per heavy atom. The molecule has 0 saturated carbocycles. The number of rotatable bonds is 8. The summed E-state index contributed by atoms with van der Waals surface area (Å²) in [5.74, 6) is -1.06. The van der Waals surface area contributed by atoms with Gasteiger partial charge in [-0.3, -0.25) is 0 Å². The Balaban J connectivity index is 3.26. The van der Waals surface area contributed by atoms with Crippen LogP contribution in [0, 0.1) is 0 Å². The Kier molecular flexibility index (Phi) is 8.03. The normalized spacial score (nSPS) is 13.2. The van der Waals surface area contributed by atoms with Gasteiger partial charge < -0.3 is 14.2 Å². The minimum Gasteiger partial charge on any atom is -0.457 e. The van der Waals surface area contributed by atoms with Crippen LogP contribution in [0.3, 0.4) is 0 Å². The number of carbonyl (C=O) groups excluding carboxylic acids is 2. The molecule has 27 heavy (non-hydrogen) atoms. The minimum atomic E-state index is -0.598. The van der Waals surface area contributed by atoms with Crippen molar-refractivity contribution in [2.75, 3.05) is 13.7 Å². The molecule has 0 bridgehead atoms. The molecule has 0 aliphatic carbocycles. The zero-order chi connectivity index (χ0) is 20.8. The first-order chi connectivity index (χ1) is 12.4. The van der Waals surface area contributed by atoms with Gasteiger partial charge in [-0.05, 0) is 50.3 Å². The van der Waals surface area contributed by atoms with Crippen LogP contribution in [-0.2, 0) is 19.6 Å². The van der Waals surface area contributed by atoms with E-state index < -0.39 is 23.6 Å². The van der Waals surface area contributed by atoms with Crippen molar-refractivity contribution >= 4 is 11.9 Å². The summed E-state index contributed by atoms with van der Waals surface area (Å²) < 4.78 is 16.1. The van der Waals surface area contributed by atoms with E-state index in [4.69, 9.17) is 14.2 Å². The molecule has 5 nitrogen and oxygen atoms in total. The maximum Gasteiger partial charge on any atom is 0.339 e. The van der Waals surface area contributed by atoms with E-state index in [1.807, 2.05) is 47.6 Å². The standard InChI is InChI=1S/C22H34O5/c1-9-12-22(6,7)27-20(24)17-11-10-16(21(3,4)5)13-18(17)19(23)26-15(2)14-25-8/h10-11,13,15H,9,12,14H2,1-8H3. The lowest BCUT2D eigenvalue weighted by Crippen LogP contribution is -2.29. The summed E-state index contributed by atoms with van der Waals surface area (Å²) in [4.78, 5) is 25.5. The highest BCUT2D eigenvalue weighted by Crippen LogP contribution is 2.27. The number of esters is 2. The second kappa shape index (κ2) is 9.36. The minimum absolute atomic E-state index is 0.170. The molecule has 1 aromatic carbocycles. The third-order valence-electron chi connectivity index (χ3n) is 4.26. The van der Waals surface area contributed by atoms with E-state index >= 15 is 0 Å². The lowest BCUT2D eigenvalue weighted by molar-refractivity contribution is -0.00583. The summed E-state index contributed by atoms with van der Waals surface area (Å²) >= 11 is 0. The third-order valence-corrected chi connectivity index (χ3v) is 4.26. The monoisotopic (exact) mass is 378 g/mol. The van der Waals surface area contributed by atoms with Crippen LogP contribution in [0.2, 0.25) is 0 Å². The van der Waals surface area contributed by atoms with Gasteiger partial charge in [0.1, 0.15) is 11.7 Å². The molecule has 0 fully saturated rings. The van der Waals surface area contributed by atoms with Gasteiger partial charge in [0.05, 0.1) is 17.7 Å². The number of carbonyl (C=O) groups is 2. The molecule has 1 rings (SSSR count). The van der Waals surface area contributed by atoms with Gasteiger partial charge >= 0.3 is 11.9 Å². The van der Waals surface area contributed by atoms with Crippen LogP contribution < -0.4 is 0 Å². The second-order valence-corrected chi connectivity index (χ2v) is 8.58. The highest BCUT2D eigenvalue weighted by Gasteiger charge is 2.28. The number of hydrogen-bond acceptors (Lipinski definition) is 5. The fraction of sp³-hybridized carbons (Fsp3) is 0.636. The largest absolute Gasteiger partial charge is 0.457 e. The molecule has 152 valence electrons. The number of hydrogen-bond donors (Lipinski definition) is 0. The maximum atomic E-state index is 12.8. The smallest absolute Gasteiger partial charge is 0.339 e. The summed E-state index contributed by atoms with van der Waals surface area (Å²) in [6.07, 6.45) is 1.22. The van der Waals surface area contributed by atoms with Crippen LogP contribution in [-0.4, -0.2) is 37.4 Å². The molecule has 0 aromatic heterocycles. The van der Waals surface area contributed by atoms with E-state index in [0.29, 0.717) is 0 Å². The topological polar surface area (TPSA) is 61.8 Å². The van der Waals surface area contributed by atoms with Crippen LogP contribution in [0.25, 0.3) is 0 Å². The Labute approximate surface area is 163 Å². The Hall–Kier alpha value is -1.88. The quantitative estimate of drug-likeness (QED) is 0.601. The molecular weight excluding hydrogens is 344 g/mol. The molecule has 1 aromatic rings. The summed E-state index contributed by atoms with van der Waals surface area (Å²) in [5, 5.41) is 0. The fourth-order valence-electron chi connectivity index (χ4n) is 2.83. The molecule has 0 aliphatic rings. The molecule has 0 aliphatic heterocycles. The highest BCUT2D eigenvalue weighted by atomic mass is 16.6. The van der Waals surface area contributed by atoms with Crippen LogP contribution in [0.1, 0.15) is 87.6 Å². The first-order valence-electron chi connectivity index (χ1n) is 9.49. The average molecular weight is 379 g/mol. The maximum absolute atomic E-state index is 12.8. The first-order valence-corrected chi connectivity index (χ1v) is 9.49. The van der Waals surface area contributed by atoms with E-state index in [1.165, 1.54) is 0 Å². The van der Waals surface area contributed by atoms with Crippen molar-refractivity contribution in [2.45, 2.75) is 78.4 Å². The van der Waals surface area contributed by atoms with Gasteiger partial charge in [-0.1, -0.05) is 40.2 Å². The Morgan fingerprint density at radius 1 is 1.04 bits per heavy atom. The Morgan fingerprint density at radius 3 is 2.19 bits per heavy atom. The van der Waals surface area contributed by atoms with Gasteiger partial charge in [0.15, 0.2) is 0 Å². The van der Waals surface area contributed by atoms with E-state index in [-0.39, 0.29) is 23.1 Å². The van der Waals surface area contributed by atoms with Crippen molar-refractivity contribution in [3.63, 3.8) is 0 Å².